The van der Waals surface area contributed by atoms with Crippen LogP contribution in [0.3, 0.4) is 0 Å². The Kier molecular flexibility index (Phi) is 6.40. The molecule has 6 heteroatoms. The fourth-order valence-corrected chi connectivity index (χ4v) is 3.91. The number of nitrogens with zero attached hydrogens (tertiary/aromatic N) is 1. The van der Waals surface area contributed by atoms with Crippen LogP contribution in [0.4, 0.5) is 0 Å². The van der Waals surface area contributed by atoms with E-state index in [1.807, 2.05) is 0 Å². The highest BCUT2D eigenvalue weighted by molar-refractivity contribution is 6.00. The van der Waals surface area contributed by atoms with Gasteiger partial charge in [0.25, 0.3) is 5.91 Å². The molecule has 0 spiro atoms. The molecule has 2 amide bonds. The van der Waals surface area contributed by atoms with Crippen molar-refractivity contribution < 1.29 is 14.4 Å². The zero-order chi connectivity index (χ0) is 20.8. The minimum Gasteiger partial charge on any atom is -0.357 e. The van der Waals surface area contributed by atoms with Crippen LogP contribution in [0.25, 0.3) is 11.1 Å². The van der Waals surface area contributed by atoms with Gasteiger partial charge in [-0.3, -0.25) is 14.4 Å². The van der Waals surface area contributed by atoms with Crippen LogP contribution in [-0.2, 0) is 4.79 Å². The van der Waals surface area contributed by atoms with Gasteiger partial charge in [0.1, 0.15) is 12.3 Å². The van der Waals surface area contributed by atoms with Crippen molar-refractivity contribution in [2.45, 2.75) is 31.7 Å². The zero-order valence-electron chi connectivity index (χ0n) is 16.3. The Hall–Kier alpha value is -3.46. The molecule has 1 unspecified atom stereocenters. The molecule has 2 aromatic carbocycles. The monoisotopic (exact) mass is 389 g/mol. The molecular formula is C23H23N3O3. The van der Waals surface area contributed by atoms with E-state index in [1.54, 1.807) is 43.4 Å². The summed E-state index contributed by atoms with van der Waals surface area (Å²) in [5, 5.41) is 14.9. The summed E-state index contributed by atoms with van der Waals surface area (Å²) >= 11 is 0. The lowest BCUT2D eigenvalue weighted by atomic mass is 9.95. The van der Waals surface area contributed by atoms with Crippen LogP contribution < -0.4 is 10.6 Å². The number of nitrogens with one attached hydrogen (secondary N) is 2. The van der Waals surface area contributed by atoms with Crippen LogP contribution >= 0.6 is 0 Å². The van der Waals surface area contributed by atoms with Gasteiger partial charge in [0.05, 0.1) is 11.6 Å². The summed E-state index contributed by atoms with van der Waals surface area (Å²) in [5.74, 6) is -0.524. The highest BCUT2D eigenvalue weighted by atomic mass is 16.2. The van der Waals surface area contributed by atoms with Crippen molar-refractivity contribution in [3.8, 4) is 17.2 Å². The number of amides is 2. The molecule has 2 N–H and O–H groups in total. The first-order valence-corrected chi connectivity index (χ1v) is 9.69. The van der Waals surface area contributed by atoms with Crippen molar-refractivity contribution in [3.63, 3.8) is 0 Å². The molecule has 0 radical (unpaired) electrons. The van der Waals surface area contributed by atoms with Crippen LogP contribution in [0.5, 0.6) is 0 Å². The molecule has 0 bridgehead atoms. The highest BCUT2D eigenvalue weighted by Gasteiger charge is 2.31. The lowest BCUT2D eigenvalue weighted by Crippen LogP contribution is -2.49. The Labute approximate surface area is 169 Å². The molecule has 0 aromatic heterocycles. The largest absolute Gasteiger partial charge is 0.357 e. The molecule has 0 heterocycles. The molecule has 148 valence electrons. The molecule has 1 fully saturated rings. The second-order valence-corrected chi connectivity index (χ2v) is 7.23. The molecule has 3 rings (SSSR count). The zero-order valence-corrected chi connectivity index (χ0v) is 16.3. The van der Waals surface area contributed by atoms with Gasteiger partial charge in [0.15, 0.2) is 0 Å². The Morgan fingerprint density at radius 1 is 1.17 bits per heavy atom. The normalized spacial score (nSPS) is 14.6. The highest BCUT2D eigenvalue weighted by Crippen LogP contribution is 2.29. The smallest absolute Gasteiger partial charge is 0.251 e. The number of aldehydes is 1. The molecule has 6 nitrogen and oxygen atoms in total. The number of nitriles is 1. The van der Waals surface area contributed by atoms with E-state index >= 15 is 0 Å². The third kappa shape index (κ3) is 4.52. The molecule has 2 aromatic rings. The SMILES string of the molecule is CNC(=O)C(NC(=O)c1cc(C=O)cc(-c2ccccc2C#N)c1)C1CCCC1. The lowest BCUT2D eigenvalue weighted by Gasteiger charge is -2.23. The number of hydrogen-bond acceptors (Lipinski definition) is 4. The second-order valence-electron chi connectivity index (χ2n) is 7.23. The number of carbonyl (C=O) groups excluding carboxylic acids is 3. The van der Waals surface area contributed by atoms with E-state index in [9.17, 15) is 19.6 Å². The average Bonchev–Trinajstić information content (AvgIpc) is 3.30. The van der Waals surface area contributed by atoms with E-state index in [4.69, 9.17) is 0 Å². The van der Waals surface area contributed by atoms with Crippen LogP contribution in [0.1, 0.15) is 52.0 Å². The van der Waals surface area contributed by atoms with E-state index in [0.717, 1.165) is 25.7 Å². The van der Waals surface area contributed by atoms with Crippen molar-refractivity contribution >= 4 is 18.1 Å². The van der Waals surface area contributed by atoms with Crippen molar-refractivity contribution in [2.75, 3.05) is 7.05 Å². The molecule has 1 atom stereocenters. The van der Waals surface area contributed by atoms with Crippen LogP contribution in [0.2, 0.25) is 0 Å². The summed E-state index contributed by atoms with van der Waals surface area (Å²) in [7, 11) is 1.56. The van der Waals surface area contributed by atoms with E-state index in [2.05, 4.69) is 16.7 Å². The minimum atomic E-state index is -0.607. The topological polar surface area (TPSA) is 99.1 Å². The van der Waals surface area contributed by atoms with Crippen LogP contribution in [0.15, 0.2) is 42.5 Å². The molecule has 1 aliphatic carbocycles. The van der Waals surface area contributed by atoms with Crippen molar-refractivity contribution in [3.05, 3.63) is 59.2 Å². The summed E-state index contributed by atoms with van der Waals surface area (Å²) in [6.45, 7) is 0. The molecule has 0 aliphatic heterocycles. The summed E-state index contributed by atoms with van der Waals surface area (Å²) in [6.07, 6.45) is 4.55. The maximum atomic E-state index is 13.0. The van der Waals surface area contributed by atoms with E-state index in [1.165, 1.54) is 6.07 Å². The average molecular weight is 389 g/mol. The number of benzene rings is 2. The van der Waals surface area contributed by atoms with Crippen molar-refractivity contribution in [2.24, 2.45) is 5.92 Å². The molecule has 0 saturated heterocycles. The fourth-order valence-electron chi connectivity index (χ4n) is 3.91. The van der Waals surface area contributed by atoms with E-state index < -0.39 is 11.9 Å². The second kappa shape index (κ2) is 9.16. The number of carbonyl (C=O) groups is 3. The van der Waals surface area contributed by atoms with Gasteiger partial charge < -0.3 is 10.6 Å². The summed E-state index contributed by atoms with van der Waals surface area (Å²) in [4.78, 5) is 36.8. The van der Waals surface area contributed by atoms with Gasteiger partial charge in [0.2, 0.25) is 5.91 Å². The van der Waals surface area contributed by atoms with Crippen LogP contribution in [0, 0.1) is 17.2 Å². The Morgan fingerprint density at radius 2 is 1.90 bits per heavy atom. The summed E-state index contributed by atoms with van der Waals surface area (Å²) < 4.78 is 0. The predicted octanol–water partition coefficient (Wildman–Crippen LogP) is 3.07. The minimum absolute atomic E-state index is 0.104. The Balaban J connectivity index is 1.95. The summed E-state index contributed by atoms with van der Waals surface area (Å²) in [5.41, 5.74) is 2.32. The van der Waals surface area contributed by atoms with Gasteiger partial charge in [-0.2, -0.15) is 5.26 Å². The quantitative estimate of drug-likeness (QED) is 0.742. The molecular weight excluding hydrogens is 366 g/mol. The van der Waals surface area contributed by atoms with E-state index in [-0.39, 0.29) is 17.4 Å². The van der Waals surface area contributed by atoms with Crippen molar-refractivity contribution in [1.29, 1.82) is 5.26 Å². The van der Waals surface area contributed by atoms with Gasteiger partial charge in [-0.25, -0.2) is 0 Å². The fraction of sp³-hybridized carbons (Fsp3) is 0.304. The first-order valence-electron chi connectivity index (χ1n) is 9.69. The van der Waals surface area contributed by atoms with Gasteiger partial charge in [-0.15, -0.1) is 0 Å². The third-order valence-electron chi connectivity index (χ3n) is 5.40. The van der Waals surface area contributed by atoms with Gasteiger partial charge >= 0.3 is 0 Å². The lowest BCUT2D eigenvalue weighted by molar-refractivity contribution is -0.123. The number of rotatable bonds is 6. The van der Waals surface area contributed by atoms with Crippen LogP contribution in [-0.4, -0.2) is 31.2 Å². The van der Waals surface area contributed by atoms with Crippen molar-refractivity contribution in [1.82, 2.24) is 10.6 Å². The number of hydrogen-bond donors (Lipinski definition) is 2. The van der Waals surface area contributed by atoms with E-state index in [0.29, 0.717) is 28.5 Å². The predicted molar refractivity (Wildman–Crippen MR) is 109 cm³/mol. The summed E-state index contributed by atoms with van der Waals surface area (Å²) in [6, 6.07) is 13.3. The Morgan fingerprint density at radius 3 is 2.55 bits per heavy atom. The number of likely N-dealkylation sites (N-methyl/N-ethyl adjacent to an activating group) is 1. The molecule has 29 heavy (non-hydrogen) atoms. The van der Waals surface area contributed by atoms with Gasteiger partial charge in [0, 0.05) is 18.2 Å². The third-order valence-corrected chi connectivity index (χ3v) is 5.40. The first kappa shape index (κ1) is 20.3. The maximum absolute atomic E-state index is 13.0. The van der Waals surface area contributed by atoms with Gasteiger partial charge in [-0.05, 0) is 54.2 Å². The maximum Gasteiger partial charge on any atom is 0.251 e. The standard InChI is InChI=1S/C23H23N3O3/c1-25-23(29)21(16-6-2-3-7-16)26-22(28)19-11-15(14-27)10-18(12-19)20-9-5-4-8-17(20)13-24/h4-5,8-12,14,16,21H,2-3,6-7H2,1H3,(H,25,29)(H,26,28). The van der Waals surface area contributed by atoms with Gasteiger partial charge in [-0.1, -0.05) is 31.0 Å². The first-order chi connectivity index (χ1) is 14.1. The Bertz CT molecular complexity index is 972. The molecule has 1 aliphatic rings. The molecule has 1 saturated carbocycles.